The zero-order valence-electron chi connectivity index (χ0n) is 57.2. The van der Waals surface area contributed by atoms with E-state index in [0.29, 0.717) is 19.4 Å². The summed E-state index contributed by atoms with van der Waals surface area (Å²) >= 11 is 0. The van der Waals surface area contributed by atoms with E-state index in [9.17, 15) is 35.1 Å². The number of amides is 1. The van der Waals surface area contributed by atoms with Crippen LogP contribution in [0.25, 0.3) is 0 Å². The summed E-state index contributed by atoms with van der Waals surface area (Å²) in [5.74, 6) is -0.188. The number of esters is 1. The molecule has 1 aliphatic rings. The Morgan fingerprint density at radius 3 is 1.18 bits per heavy atom. The highest BCUT2D eigenvalue weighted by Crippen LogP contribution is 2.23. The molecule has 514 valence electrons. The highest BCUT2D eigenvalue weighted by atomic mass is 16.7. The van der Waals surface area contributed by atoms with E-state index in [-0.39, 0.29) is 18.5 Å². The highest BCUT2D eigenvalue weighted by molar-refractivity contribution is 5.76. The maximum Gasteiger partial charge on any atom is 0.305 e. The predicted molar refractivity (Wildman–Crippen MR) is 370 cm³/mol. The SMILES string of the molecule is CCCC/C=C\C/C=C\CCCCCCCC(=O)OCCCCCCCCCCC/C=C\C/C=C\CCCCCCCCCCCCCCCCCC(=O)NC(COC1OC(CO)C(O)C(O)C1O)C(O)/C=C/CCCCCCCCCCCCCCC. The van der Waals surface area contributed by atoms with Gasteiger partial charge in [-0.25, -0.2) is 0 Å². The van der Waals surface area contributed by atoms with Gasteiger partial charge in [-0.3, -0.25) is 9.59 Å². The van der Waals surface area contributed by atoms with Gasteiger partial charge in [-0.2, -0.15) is 0 Å². The molecule has 0 aromatic rings. The van der Waals surface area contributed by atoms with Crippen molar-refractivity contribution in [2.75, 3.05) is 19.8 Å². The van der Waals surface area contributed by atoms with Crippen LogP contribution >= 0.6 is 0 Å². The van der Waals surface area contributed by atoms with Crippen molar-refractivity contribution >= 4 is 11.9 Å². The van der Waals surface area contributed by atoms with Crippen LogP contribution in [0.3, 0.4) is 0 Å². The molecule has 0 bridgehead atoms. The fourth-order valence-electron chi connectivity index (χ4n) is 11.7. The molecule has 11 heteroatoms. The molecule has 0 aliphatic carbocycles. The third-order valence-electron chi connectivity index (χ3n) is 17.6. The van der Waals surface area contributed by atoms with Gasteiger partial charge in [0.25, 0.3) is 0 Å². The molecule has 7 unspecified atom stereocenters. The Kier molecular flexibility index (Phi) is 62.4. The first-order valence-corrected chi connectivity index (χ1v) is 37.6. The van der Waals surface area contributed by atoms with Gasteiger partial charge in [-0.15, -0.1) is 0 Å². The van der Waals surface area contributed by atoms with Crippen molar-refractivity contribution in [3.63, 3.8) is 0 Å². The van der Waals surface area contributed by atoms with Gasteiger partial charge in [0, 0.05) is 12.8 Å². The van der Waals surface area contributed by atoms with E-state index in [1.54, 1.807) is 6.08 Å². The van der Waals surface area contributed by atoms with Gasteiger partial charge in [-0.1, -0.05) is 312 Å². The van der Waals surface area contributed by atoms with Crippen LogP contribution in [0, 0.1) is 0 Å². The summed E-state index contributed by atoms with van der Waals surface area (Å²) in [6.07, 6.45) is 77.8. The molecule has 0 aromatic heterocycles. The predicted octanol–water partition coefficient (Wildman–Crippen LogP) is 19.7. The quantitative estimate of drug-likeness (QED) is 0.0195. The molecule has 1 saturated heterocycles. The Labute approximate surface area is 541 Å². The standard InChI is InChI=1S/C77H141NO10/c1-3-5-7-9-11-13-15-17-36-39-43-47-51-55-59-63-70(80)69(68-87-77-76(85)75(84)74(83)71(67-79)88-77)78-72(81)64-60-56-52-48-44-40-37-34-32-30-28-26-24-22-20-19-21-23-25-27-29-31-33-35-38-42-46-50-54-58-62-66-86-73(82)65-61-57-53-49-45-41-18-16-14-12-10-8-6-4-2/h10,12,16,18,21,23,27,29,59,63,69-71,74-77,79-80,83-85H,3-9,11,13-15,17,19-20,22,24-26,28,30-58,60-62,64-68H2,1-2H3,(H,78,81)/b12-10-,18-16-,23-21-,29-27-,63-59+. The molecule has 11 nitrogen and oxygen atoms in total. The van der Waals surface area contributed by atoms with E-state index in [4.69, 9.17) is 14.2 Å². The third kappa shape index (κ3) is 54.0. The molecule has 7 atom stereocenters. The number of rotatable bonds is 66. The molecule has 0 spiro atoms. The Hall–Kier alpha value is -2.64. The summed E-state index contributed by atoms with van der Waals surface area (Å²) in [5.41, 5.74) is 0. The minimum atomic E-state index is -1.57. The zero-order valence-corrected chi connectivity index (χ0v) is 57.2. The summed E-state index contributed by atoms with van der Waals surface area (Å²) < 4.78 is 16.8. The number of carbonyl (C=O) groups excluding carboxylic acids is 2. The van der Waals surface area contributed by atoms with Crippen molar-refractivity contribution < 1.29 is 49.3 Å². The smallest absolute Gasteiger partial charge is 0.305 e. The lowest BCUT2D eigenvalue weighted by molar-refractivity contribution is -0.302. The number of aliphatic hydroxyl groups excluding tert-OH is 5. The van der Waals surface area contributed by atoms with Crippen molar-refractivity contribution in [2.24, 2.45) is 0 Å². The van der Waals surface area contributed by atoms with Crippen LogP contribution in [-0.2, 0) is 23.8 Å². The zero-order chi connectivity index (χ0) is 63.7. The second-order valence-corrected chi connectivity index (χ2v) is 26.0. The molecule has 0 saturated carbocycles. The van der Waals surface area contributed by atoms with Crippen molar-refractivity contribution in [1.82, 2.24) is 5.32 Å². The van der Waals surface area contributed by atoms with Crippen LogP contribution in [0.15, 0.2) is 60.8 Å². The topological polar surface area (TPSA) is 175 Å². The van der Waals surface area contributed by atoms with E-state index in [1.165, 1.54) is 257 Å². The van der Waals surface area contributed by atoms with Gasteiger partial charge >= 0.3 is 5.97 Å². The number of carbonyl (C=O) groups is 2. The number of unbranched alkanes of at least 4 members (excludes halogenated alkanes) is 44. The first-order valence-electron chi connectivity index (χ1n) is 37.6. The molecule has 1 rings (SSSR count). The molecule has 1 amide bonds. The van der Waals surface area contributed by atoms with Gasteiger partial charge in [0.1, 0.15) is 24.4 Å². The van der Waals surface area contributed by atoms with Crippen LogP contribution < -0.4 is 5.32 Å². The van der Waals surface area contributed by atoms with E-state index in [1.807, 2.05) is 6.08 Å². The Morgan fingerprint density at radius 1 is 0.420 bits per heavy atom. The molecule has 88 heavy (non-hydrogen) atoms. The summed E-state index contributed by atoms with van der Waals surface area (Å²) in [6, 6.07) is -0.811. The molecular weight excluding hydrogens is 1100 g/mol. The highest BCUT2D eigenvalue weighted by Gasteiger charge is 2.44. The first-order chi connectivity index (χ1) is 43.2. The normalized spacial score (nSPS) is 18.1. The second kappa shape index (κ2) is 65.8. The largest absolute Gasteiger partial charge is 0.466 e. The monoisotopic (exact) mass is 1240 g/mol. The van der Waals surface area contributed by atoms with Gasteiger partial charge < -0.3 is 45.1 Å². The Bertz CT molecular complexity index is 1650. The number of hydrogen-bond donors (Lipinski definition) is 6. The third-order valence-corrected chi connectivity index (χ3v) is 17.6. The van der Waals surface area contributed by atoms with E-state index < -0.39 is 49.5 Å². The summed E-state index contributed by atoms with van der Waals surface area (Å²) in [7, 11) is 0. The van der Waals surface area contributed by atoms with Crippen LogP contribution in [-0.4, -0.2) is 100 Å². The molecule has 6 N–H and O–H groups in total. The molecule has 0 radical (unpaired) electrons. The van der Waals surface area contributed by atoms with Gasteiger partial charge in [-0.05, 0) is 89.9 Å². The number of hydrogen-bond acceptors (Lipinski definition) is 10. The van der Waals surface area contributed by atoms with Crippen molar-refractivity contribution in [2.45, 2.75) is 397 Å². The molecule has 1 aliphatic heterocycles. The van der Waals surface area contributed by atoms with Crippen molar-refractivity contribution in [3.05, 3.63) is 60.8 Å². The maximum absolute atomic E-state index is 13.1. The van der Waals surface area contributed by atoms with Gasteiger partial charge in [0.2, 0.25) is 5.91 Å². The minimum Gasteiger partial charge on any atom is -0.466 e. The van der Waals surface area contributed by atoms with E-state index in [2.05, 4.69) is 67.8 Å². The minimum absolute atomic E-state index is 0.00948. The van der Waals surface area contributed by atoms with Gasteiger partial charge in [0.15, 0.2) is 6.29 Å². The number of aliphatic hydroxyl groups is 5. The van der Waals surface area contributed by atoms with Crippen molar-refractivity contribution in [3.8, 4) is 0 Å². The summed E-state index contributed by atoms with van der Waals surface area (Å²) in [6.45, 7) is 4.33. The lowest BCUT2D eigenvalue weighted by Crippen LogP contribution is -2.60. The van der Waals surface area contributed by atoms with Crippen LogP contribution in [0.2, 0.25) is 0 Å². The number of allylic oxidation sites excluding steroid dienone is 9. The summed E-state index contributed by atoms with van der Waals surface area (Å²) in [4.78, 5) is 25.2. The van der Waals surface area contributed by atoms with Crippen LogP contribution in [0.5, 0.6) is 0 Å². The molecule has 1 fully saturated rings. The fourth-order valence-corrected chi connectivity index (χ4v) is 11.7. The van der Waals surface area contributed by atoms with Gasteiger partial charge in [0.05, 0.1) is 32.0 Å². The first kappa shape index (κ1) is 83.4. The molecule has 0 aromatic carbocycles. The molecular formula is C77H141NO10. The lowest BCUT2D eigenvalue weighted by atomic mass is 9.99. The lowest BCUT2D eigenvalue weighted by Gasteiger charge is -2.40. The summed E-state index contributed by atoms with van der Waals surface area (Å²) in [5, 5.41) is 54.6. The van der Waals surface area contributed by atoms with E-state index >= 15 is 0 Å². The number of nitrogens with one attached hydrogen (secondary N) is 1. The van der Waals surface area contributed by atoms with Crippen molar-refractivity contribution in [1.29, 1.82) is 0 Å². The second-order valence-electron chi connectivity index (χ2n) is 26.0. The average Bonchev–Trinajstić information content (AvgIpc) is 3.73. The van der Waals surface area contributed by atoms with E-state index in [0.717, 1.165) is 70.6 Å². The Morgan fingerprint density at radius 2 is 0.773 bits per heavy atom. The fraction of sp³-hybridized carbons (Fsp3) is 0.844. The maximum atomic E-state index is 13.1. The average molecular weight is 1240 g/mol. The van der Waals surface area contributed by atoms with Crippen LogP contribution in [0.1, 0.15) is 354 Å². The Balaban J connectivity index is 1.98. The molecule has 1 heterocycles. The number of ether oxygens (including phenoxy) is 3. The van der Waals surface area contributed by atoms with Crippen LogP contribution in [0.4, 0.5) is 0 Å².